The SMILES string of the molecule is CCOc1ccccc1[C@@H](C)CC(=O)Nc1sc2c(c1C#N)CCN(C(=O)CCc1ccccn1)C2. The van der Waals surface area contributed by atoms with Gasteiger partial charge in [-0.2, -0.15) is 5.26 Å². The van der Waals surface area contributed by atoms with Crippen LogP contribution in [0.15, 0.2) is 48.7 Å². The molecule has 36 heavy (non-hydrogen) atoms. The van der Waals surface area contributed by atoms with Crippen LogP contribution in [0.25, 0.3) is 0 Å². The number of carbonyl (C=O) groups excluding carboxylic acids is 2. The van der Waals surface area contributed by atoms with Gasteiger partial charge in [0.15, 0.2) is 0 Å². The summed E-state index contributed by atoms with van der Waals surface area (Å²) in [5.41, 5.74) is 3.35. The lowest BCUT2D eigenvalue weighted by atomic mass is 9.96. The normalized spacial score (nSPS) is 13.4. The van der Waals surface area contributed by atoms with Crippen molar-refractivity contribution in [3.63, 3.8) is 0 Å². The summed E-state index contributed by atoms with van der Waals surface area (Å²) in [5.74, 6) is 0.676. The van der Waals surface area contributed by atoms with E-state index in [4.69, 9.17) is 4.74 Å². The molecule has 3 aromatic rings. The molecule has 3 heterocycles. The van der Waals surface area contributed by atoms with E-state index in [2.05, 4.69) is 16.4 Å². The smallest absolute Gasteiger partial charge is 0.225 e. The third kappa shape index (κ3) is 5.92. The second-order valence-corrected chi connectivity index (χ2v) is 9.94. The van der Waals surface area contributed by atoms with Gasteiger partial charge in [0.25, 0.3) is 0 Å². The lowest BCUT2D eigenvalue weighted by Crippen LogP contribution is -2.35. The van der Waals surface area contributed by atoms with E-state index in [1.807, 2.05) is 61.2 Å². The van der Waals surface area contributed by atoms with E-state index in [0.717, 1.165) is 27.4 Å². The number of aromatic nitrogens is 1. The lowest BCUT2D eigenvalue weighted by Gasteiger charge is -2.27. The molecule has 0 saturated carbocycles. The zero-order valence-electron chi connectivity index (χ0n) is 20.6. The van der Waals surface area contributed by atoms with Gasteiger partial charge in [0.05, 0.1) is 18.7 Å². The number of hydrogen-bond acceptors (Lipinski definition) is 6. The van der Waals surface area contributed by atoms with Gasteiger partial charge >= 0.3 is 0 Å². The summed E-state index contributed by atoms with van der Waals surface area (Å²) in [5, 5.41) is 13.4. The van der Waals surface area contributed by atoms with Gasteiger partial charge in [0.1, 0.15) is 16.8 Å². The van der Waals surface area contributed by atoms with Crippen molar-refractivity contribution in [3.05, 3.63) is 75.9 Å². The molecular formula is C28H30N4O3S. The Morgan fingerprint density at radius 1 is 1.25 bits per heavy atom. The van der Waals surface area contributed by atoms with Gasteiger partial charge in [-0.3, -0.25) is 14.6 Å². The number of para-hydroxylation sites is 1. The number of nitrogens with zero attached hydrogens (tertiary/aromatic N) is 3. The van der Waals surface area contributed by atoms with Gasteiger partial charge in [-0.05, 0) is 55.0 Å². The molecule has 0 saturated heterocycles. The Labute approximate surface area is 215 Å². The number of benzene rings is 1. The molecule has 0 spiro atoms. The number of nitrogens with one attached hydrogen (secondary N) is 1. The van der Waals surface area contributed by atoms with Crippen molar-refractivity contribution in [1.82, 2.24) is 9.88 Å². The number of thiophene rings is 1. The van der Waals surface area contributed by atoms with Crippen LogP contribution >= 0.6 is 11.3 Å². The minimum absolute atomic E-state index is 0.0416. The first kappa shape index (κ1) is 25.4. The van der Waals surface area contributed by atoms with Gasteiger partial charge in [0.2, 0.25) is 11.8 Å². The fraction of sp³-hybridized carbons (Fsp3) is 0.357. The highest BCUT2D eigenvalue weighted by Gasteiger charge is 2.28. The van der Waals surface area contributed by atoms with Crippen molar-refractivity contribution >= 4 is 28.2 Å². The van der Waals surface area contributed by atoms with Crippen LogP contribution in [0.4, 0.5) is 5.00 Å². The Kier molecular flexibility index (Phi) is 8.34. The van der Waals surface area contributed by atoms with Crippen molar-refractivity contribution in [1.29, 1.82) is 5.26 Å². The van der Waals surface area contributed by atoms with E-state index < -0.39 is 0 Å². The highest BCUT2D eigenvalue weighted by Crippen LogP contribution is 2.37. The number of pyridine rings is 1. The van der Waals surface area contributed by atoms with E-state index in [1.54, 1.807) is 6.20 Å². The van der Waals surface area contributed by atoms with E-state index in [-0.39, 0.29) is 24.2 Å². The molecule has 0 unspecified atom stereocenters. The second kappa shape index (κ2) is 11.8. The Hall–Kier alpha value is -3.70. The number of nitriles is 1. The summed E-state index contributed by atoms with van der Waals surface area (Å²) < 4.78 is 5.71. The Morgan fingerprint density at radius 3 is 2.81 bits per heavy atom. The number of amides is 2. The highest BCUT2D eigenvalue weighted by atomic mass is 32.1. The van der Waals surface area contributed by atoms with Crippen LogP contribution in [0, 0.1) is 11.3 Å². The predicted octanol–water partition coefficient (Wildman–Crippen LogP) is 5.06. The summed E-state index contributed by atoms with van der Waals surface area (Å²) in [6.45, 7) is 5.52. The maximum atomic E-state index is 12.9. The highest BCUT2D eigenvalue weighted by molar-refractivity contribution is 7.16. The van der Waals surface area contributed by atoms with Crippen LogP contribution in [0.3, 0.4) is 0 Å². The monoisotopic (exact) mass is 502 g/mol. The maximum absolute atomic E-state index is 12.9. The Bertz CT molecular complexity index is 1270. The van der Waals surface area contributed by atoms with Crippen molar-refractivity contribution in [2.75, 3.05) is 18.5 Å². The zero-order chi connectivity index (χ0) is 25.5. The van der Waals surface area contributed by atoms with Gasteiger partial charge in [-0.25, -0.2) is 0 Å². The number of anilines is 1. The molecule has 1 atom stereocenters. The average molecular weight is 503 g/mol. The first-order valence-corrected chi connectivity index (χ1v) is 13.1. The van der Waals surface area contributed by atoms with Crippen LogP contribution in [0.1, 0.15) is 59.9 Å². The molecule has 2 amide bonds. The molecule has 0 fully saturated rings. The number of fused-ring (bicyclic) bond motifs is 1. The minimum atomic E-state index is -0.146. The predicted molar refractivity (Wildman–Crippen MR) is 140 cm³/mol. The molecule has 4 rings (SSSR count). The molecule has 8 heteroatoms. The summed E-state index contributed by atoms with van der Waals surface area (Å²) in [7, 11) is 0. The molecule has 1 aliphatic heterocycles. The average Bonchev–Trinajstić information content (AvgIpc) is 3.24. The van der Waals surface area contributed by atoms with Crippen LogP contribution < -0.4 is 10.1 Å². The number of carbonyl (C=O) groups is 2. The third-order valence-corrected chi connectivity index (χ3v) is 7.47. The molecule has 1 aromatic carbocycles. The van der Waals surface area contributed by atoms with Gasteiger partial charge in [0, 0.05) is 36.2 Å². The number of hydrogen-bond donors (Lipinski definition) is 1. The van der Waals surface area contributed by atoms with Crippen molar-refractivity contribution < 1.29 is 14.3 Å². The molecule has 2 aromatic heterocycles. The number of aryl methyl sites for hydroxylation is 1. The lowest BCUT2D eigenvalue weighted by molar-refractivity contribution is -0.132. The molecule has 0 bridgehead atoms. The van der Waals surface area contributed by atoms with E-state index in [0.29, 0.717) is 49.5 Å². The van der Waals surface area contributed by atoms with E-state index in [1.165, 1.54) is 11.3 Å². The first-order chi connectivity index (χ1) is 17.5. The van der Waals surface area contributed by atoms with E-state index >= 15 is 0 Å². The van der Waals surface area contributed by atoms with Gasteiger partial charge in [-0.15, -0.1) is 11.3 Å². The topological polar surface area (TPSA) is 95.3 Å². The first-order valence-electron chi connectivity index (χ1n) is 12.2. The second-order valence-electron chi connectivity index (χ2n) is 8.83. The van der Waals surface area contributed by atoms with Crippen molar-refractivity contribution in [2.45, 2.75) is 52.0 Å². The molecule has 7 nitrogen and oxygen atoms in total. The van der Waals surface area contributed by atoms with Crippen LogP contribution in [0.2, 0.25) is 0 Å². The minimum Gasteiger partial charge on any atom is -0.494 e. The summed E-state index contributed by atoms with van der Waals surface area (Å²) in [6, 6.07) is 15.7. The standard InChI is InChI=1S/C28H30N4O3S/c1-3-35-24-10-5-4-9-21(24)19(2)16-26(33)31-28-23(17-29)22-13-15-32(18-25(22)36-28)27(34)12-11-20-8-6-7-14-30-20/h4-10,14,19H,3,11-13,15-16,18H2,1-2H3,(H,31,33)/t19-/m0/s1. The number of ether oxygens (including phenoxy) is 1. The Balaban J connectivity index is 1.40. The molecule has 0 radical (unpaired) electrons. The quantitative estimate of drug-likeness (QED) is 0.441. The van der Waals surface area contributed by atoms with Crippen LogP contribution in [-0.4, -0.2) is 34.8 Å². The van der Waals surface area contributed by atoms with Crippen molar-refractivity contribution in [3.8, 4) is 11.8 Å². The molecular weight excluding hydrogens is 472 g/mol. The molecule has 1 aliphatic rings. The summed E-state index contributed by atoms with van der Waals surface area (Å²) >= 11 is 1.40. The molecule has 1 N–H and O–H groups in total. The van der Waals surface area contributed by atoms with Gasteiger partial charge < -0.3 is 15.0 Å². The Morgan fingerprint density at radius 2 is 2.06 bits per heavy atom. The largest absolute Gasteiger partial charge is 0.494 e. The van der Waals surface area contributed by atoms with Crippen LogP contribution in [-0.2, 0) is 29.0 Å². The zero-order valence-corrected chi connectivity index (χ0v) is 21.4. The number of rotatable bonds is 9. The molecule has 186 valence electrons. The third-order valence-electron chi connectivity index (χ3n) is 6.34. The fourth-order valence-electron chi connectivity index (χ4n) is 4.50. The summed E-state index contributed by atoms with van der Waals surface area (Å²) in [4.78, 5) is 32.8. The van der Waals surface area contributed by atoms with Crippen LogP contribution in [0.5, 0.6) is 5.75 Å². The summed E-state index contributed by atoms with van der Waals surface area (Å²) in [6.07, 6.45) is 3.61. The van der Waals surface area contributed by atoms with Gasteiger partial charge in [-0.1, -0.05) is 31.2 Å². The van der Waals surface area contributed by atoms with E-state index in [9.17, 15) is 14.9 Å². The molecule has 0 aliphatic carbocycles. The maximum Gasteiger partial charge on any atom is 0.225 e. The fourth-order valence-corrected chi connectivity index (χ4v) is 5.73. The van der Waals surface area contributed by atoms with Crippen molar-refractivity contribution in [2.24, 2.45) is 0 Å².